The molecule has 0 radical (unpaired) electrons. The Morgan fingerprint density at radius 1 is 1.14 bits per heavy atom. The van der Waals surface area contributed by atoms with E-state index in [9.17, 15) is 18.0 Å². The molecule has 2 aromatic rings. The van der Waals surface area contributed by atoms with Crippen molar-refractivity contribution in [1.82, 2.24) is 4.98 Å². The summed E-state index contributed by atoms with van der Waals surface area (Å²) in [5, 5.41) is 0. The third-order valence-corrected chi connectivity index (χ3v) is 2.97. The highest BCUT2D eigenvalue weighted by molar-refractivity contribution is 9.10. The van der Waals surface area contributed by atoms with Gasteiger partial charge in [-0.15, -0.1) is 0 Å². The van der Waals surface area contributed by atoms with Crippen LogP contribution in [0.1, 0.15) is 16.1 Å². The number of aromatic nitrogens is 1. The fraction of sp³-hybridized carbons (Fsp3) is 0.0769. The Kier molecular flexibility index (Phi) is 4.17. The second-order valence-electron chi connectivity index (χ2n) is 3.97. The SMILES string of the molecule is NC(=O)c1ccc(C(F)(F)F)nc1Oc1ccc(Br)cc1. The van der Waals surface area contributed by atoms with Gasteiger partial charge in [-0.05, 0) is 36.4 Å². The summed E-state index contributed by atoms with van der Waals surface area (Å²) in [6.07, 6.45) is -4.64. The van der Waals surface area contributed by atoms with Gasteiger partial charge >= 0.3 is 6.18 Å². The maximum absolute atomic E-state index is 12.7. The third kappa shape index (κ3) is 3.72. The summed E-state index contributed by atoms with van der Waals surface area (Å²) in [6.45, 7) is 0. The number of nitrogens with two attached hydrogens (primary N) is 1. The first-order chi connectivity index (χ1) is 9.77. The van der Waals surface area contributed by atoms with Crippen LogP contribution < -0.4 is 10.5 Å². The summed E-state index contributed by atoms with van der Waals surface area (Å²) in [6, 6.07) is 7.90. The lowest BCUT2D eigenvalue weighted by Gasteiger charge is -2.11. The van der Waals surface area contributed by atoms with Crippen LogP contribution in [0.5, 0.6) is 11.6 Å². The van der Waals surface area contributed by atoms with Crippen molar-refractivity contribution in [2.45, 2.75) is 6.18 Å². The van der Waals surface area contributed by atoms with Gasteiger partial charge in [0.25, 0.3) is 5.91 Å². The predicted octanol–water partition coefficient (Wildman–Crippen LogP) is 3.75. The number of alkyl halides is 3. The van der Waals surface area contributed by atoms with Gasteiger partial charge in [0, 0.05) is 4.47 Å². The highest BCUT2D eigenvalue weighted by atomic mass is 79.9. The minimum Gasteiger partial charge on any atom is -0.438 e. The van der Waals surface area contributed by atoms with E-state index in [1.165, 1.54) is 12.1 Å². The van der Waals surface area contributed by atoms with Crippen LogP contribution in [-0.4, -0.2) is 10.9 Å². The van der Waals surface area contributed by atoms with Gasteiger partial charge in [0.1, 0.15) is 17.0 Å². The Bertz CT molecular complexity index is 672. The first kappa shape index (κ1) is 15.3. The van der Waals surface area contributed by atoms with E-state index in [4.69, 9.17) is 10.5 Å². The first-order valence-electron chi connectivity index (χ1n) is 5.59. The lowest BCUT2D eigenvalue weighted by Crippen LogP contribution is -2.16. The molecule has 4 nitrogen and oxygen atoms in total. The molecule has 2 rings (SSSR count). The number of pyridine rings is 1. The average molecular weight is 361 g/mol. The summed E-state index contributed by atoms with van der Waals surface area (Å²) in [4.78, 5) is 14.6. The van der Waals surface area contributed by atoms with E-state index < -0.39 is 23.7 Å². The van der Waals surface area contributed by atoms with Gasteiger partial charge in [-0.25, -0.2) is 4.98 Å². The standard InChI is InChI=1S/C13H8BrF3N2O2/c14-7-1-3-8(4-2-7)21-12-9(11(18)20)5-6-10(19-12)13(15,16)17/h1-6H,(H2,18,20). The predicted molar refractivity (Wildman–Crippen MR) is 72.0 cm³/mol. The Morgan fingerprint density at radius 2 is 1.76 bits per heavy atom. The molecule has 0 saturated heterocycles. The van der Waals surface area contributed by atoms with Crippen LogP contribution in [0.3, 0.4) is 0 Å². The van der Waals surface area contributed by atoms with Crippen molar-refractivity contribution in [3.63, 3.8) is 0 Å². The number of amides is 1. The Balaban J connectivity index is 2.43. The number of ether oxygens (including phenoxy) is 1. The number of halogens is 4. The van der Waals surface area contributed by atoms with E-state index in [-0.39, 0.29) is 11.3 Å². The molecule has 110 valence electrons. The van der Waals surface area contributed by atoms with E-state index in [2.05, 4.69) is 20.9 Å². The second-order valence-corrected chi connectivity index (χ2v) is 4.88. The minimum atomic E-state index is -4.64. The largest absolute Gasteiger partial charge is 0.438 e. The number of rotatable bonds is 3. The molecule has 2 N–H and O–H groups in total. The van der Waals surface area contributed by atoms with Crippen molar-refractivity contribution in [2.75, 3.05) is 0 Å². The average Bonchev–Trinajstić information content (AvgIpc) is 2.40. The van der Waals surface area contributed by atoms with Crippen molar-refractivity contribution in [1.29, 1.82) is 0 Å². The van der Waals surface area contributed by atoms with Crippen LogP contribution >= 0.6 is 15.9 Å². The number of hydrogen-bond acceptors (Lipinski definition) is 3. The molecule has 0 bridgehead atoms. The zero-order valence-electron chi connectivity index (χ0n) is 10.3. The van der Waals surface area contributed by atoms with Gasteiger partial charge in [0.05, 0.1) is 0 Å². The van der Waals surface area contributed by atoms with Crippen LogP contribution in [0, 0.1) is 0 Å². The van der Waals surface area contributed by atoms with Gasteiger partial charge in [-0.1, -0.05) is 15.9 Å². The summed E-state index contributed by atoms with van der Waals surface area (Å²) < 4.78 is 44.0. The van der Waals surface area contributed by atoms with Crippen LogP contribution in [-0.2, 0) is 6.18 Å². The van der Waals surface area contributed by atoms with Crippen LogP contribution in [0.25, 0.3) is 0 Å². The summed E-state index contributed by atoms with van der Waals surface area (Å²) in [5.74, 6) is -1.18. The Labute approximate surface area is 125 Å². The number of nitrogens with zero attached hydrogens (tertiary/aromatic N) is 1. The molecule has 1 amide bonds. The lowest BCUT2D eigenvalue weighted by molar-refractivity contribution is -0.141. The normalized spacial score (nSPS) is 11.2. The van der Waals surface area contributed by atoms with Crippen LogP contribution in [0.4, 0.5) is 13.2 Å². The Hall–Kier alpha value is -2.09. The quantitative estimate of drug-likeness (QED) is 0.906. The van der Waals surface area contributed by atoms with E-state index >= 15 is 0 Å². The van der Waals surface area contributed by atoms with Crippen molar-refractivity contribution in [3.8, 4) is 11.6 Å². The molecule has 0 spiro atoms. The molecule has 1 aromatic heterocycles. The van der Waals surface area contributed by atoms with E-state index in [1.807, 2.05) is 0 Å². The zero-order chi connectivity index (χ0) is 15.6. The molecule has 0 aliphatic heterocycles. The number of carbonyl (C=O) groups excluding carboxylic acids is 1. The number of benzene rings is 1. The lowest BCUT2D eigenvalue weighted by atomic mass is 10.2. The number of carbonyl (C=O) groups is 1. The highest BCUT2D eigenvalue weighted by Gasteiger charge is 2.33. The van der Waals surface area contributed by atoms with Gasteiger partial charge < -0.3 is 10.5 Å². The van der Waals surface area contributed by atoms with E-state index in [0.717, 1.165) is 10.5 Å². The maximum atomic E-state index is 12.7. The zero-order valence-corrected chi connectivity index (χ0v) is 11.9. The van der Waals surface area contributed by atoms with E-state index in [0.29, 0.717) is 6.07 Å². The van der Waals surface area contributed by atoms with E-state index in [1.54, 1.807) is 12.1 Å². The molecule has 0 saturated carbocycles. The monoisotopic (exact) mass is 360 g/mol. The molecule has 1 heterocycles. The molecule has 1 aromatic carbocycles. The van der Waals surface area contributed by atoms with Crippen molar-refractivity contribution >= 4 is 21.8 Å². The smallest absolute Gasteiger partial charge is 0.433 e. The van der Waals surface area contributed by atoms with Crippen molar-refractivity contribution in [3.05, 3.63) is 52.1 Å². The van der Waals surface area contributed by atoms with Gasteiger partial charge in [-0.2, -0.15) is 13.2 Å². The summed E-state index contributed by atoms with van der Waals surface area (Å²) in [7, 11) is 0. The molecule has 8 heteroatoms. The molecular formula is C13H8BrF3N2O2. The highest BCUT2D eigenvalue weighted by Crippen LogP contribution is 2.32. The molecule has 21 heavy (non-hydrogen) atoms. The number of primary amides is 1. The van der Waals surface area contributed by atoms with Crippen molar-refractivity contribution in [2.24, 2.45) is 5.73 Å². The molecule has 0 fully saturated rings. The van der Waals surface area contributed by atoms with Crippen LogP contribution in [0.2, 0.25) is 0 Å². The summed E-state index contributed by atoms with van der Waals surface area (Å²) in [5.41, 5.74) is 3.71. The van der Waals surface area contributed by atoms with Gasteiger partial charge in [0.2, 0.25) is 5.88 Å². The molecule has 0 atom stereocenters. The van der Waals surface area contributed by atoms with Crippen molar-refractivity contribution < 1.29 is 22.7 Å². The fourth-order valence-corrected chi connectivity index (χ4v) is 1.74. The molecule has 0 aliphatic carbocycles. The maximum Gasteiger partial charge on any atom is 0.433 e. The second kappa shape index (κ2) is 5.72. The Morgan fingerprint density at radius 3 is 2.29 bits per heavy atom. The minimum absolute atomic E-state index is 0.229. The fourth-order valence-electron chi connectivity index (χ4n) is 1.48. The third-order valence-electron chi connectivity index (χ3n) is 2.44. The first-order valence-corrected chi connectivity index (χ1v) is 6.38. The molecule has 0 unspecified atom stereocenters. The summed E-state index contributed by atoms with van der Waals surface area (Å²) >= 11 is 3.21. The van der Waals surface area contributed by atoms with Gasteiger partial charge in [-0.3, -0.25) is 4.79 Å². The topological polar surface area (TPSA) is 65.2 Å². The molecule has 0 aliphatic rings. The van der Waals surface area contributed by atoms with Gasteiger partial charge in [0.15, 0.2) is 0 Å². The molecular weight excluding hydrogens is 353 g/mol. The van der Waals surface area contributed by atoms with Crippen LogP contribution in [0.15, 0.2) is 40.9 Å². The number of hydrogen-bond donors (Lipinski definition) is 1.